The minimum absolute atomic E-state index is 0.00566. The summed E-state index contributed by atoms with van der Waals surface area (Å²) in [4.78, 5) is 11.5. The molecule has 0 aliphatic heterocycles. The lowest BCUT2D eigenvalue weighted by molar-refractivity contribution is -0.123. The van der Waals surface area contributed by atoms with Crippen molar-refractivity contribution >= 4 is 35.3 Å². The van der Waals surface area contributed by atoms with Gasteiger partial charge in [0.05, 0.1) is 16.3 Å². The maximum atomic E-state index is 13.3. The van der Waals surface area contributed by atoms with Gasteiger partial charge in [0, 0.05) is 0 Å². The number of rotatable bonds is 5. The molecular weight excluding hydrogens is 330 g/mol. The Morgan fingerprint density at radius 2 is 2.00 bits per heavy atom. The van der Waals surface area contributed by atoms with Crippen molar-refractivity contribution in [3.05, 3.63) is 63.9 Å². The molecule has 0 fully saturated rings. The molecule has 2 aromatic carbocycles. The van der Waals surface area contributed by atoms with E-state index in [4.69, 9.17) is 27.9 Å². The van der Waals surface area contributed by atoms with Crippen LogP contribution in [0.15, 0.2) is 47.6 Å². The van der Waals surface area contributed by atoms with Crippen molar-refractivity contribution in [3.63, 3.8) is 0 Å². The Kier molecular flexibility index (Phi) is 5.75. The molecule has 0 saturated heterocycles. The molecule has 0 unspecified atom stereocenters. The van der Waals surface area contributed by atoms with Gasteiger partial charge < -0.3 is 4.74 Å². The van der Waals surface area contributed by atoms with Crippen molar-refractivity contribution in [2.75, 3.05) is 6.61 Å². The summed E-state index contributed by atoms with van der Waals surface area (Å²) in [6.45, 7) is -0.348. The van der Waals surface area contributed by atoms with E-state index >= 15 is 0 Å². The van der Waals surface area contributed by atoms with E-state index in [1.54, 1.807) is 24.3 Å². The number of halogens is 3. The van der Waals surface area contributed by atoms with Crippen LogP contribution in [0.25, 0.3) is 0 Å². The molecule has 0 radical (unpaired) electrons. The highest BCUT2D eigenvalue weighted by Crippen LogP contribution is 2.21. The number of carbonyl (C=O) groups excluding carboxylic acids is 1. The molecule has 0 aliphatic carbocycles. The average molecular weight is 341 g/mol. The lowest BCUT2D eigenvalue weighted by Gasteiger charge is -2.05. The summed E-state index contributed by atoms with van der Waals surface area (Å²) in [7, 11) is 0. The summed E-state index contributed by atoms with van der Waals surface area (Å²) in [5.74, 6) is -1.04. The van der Waals surface area contributed by atoms with Crippen molar-refractivity contribution in [2.45, 2.75) is 0 Å². The summed E-state index contributed by atoms with van der Waals surface area (Å²) in [6.07, 6.45) is 1.41. The molecular formula is C15H11Cl2FN2O2. The fourth-order valence-electron chi connectivity index (χ4n) is 1.51. The van der Waals surface area contributed by atoms with Gasteiger partial charge >= 0.3 is 0 Å². The maximum Gasteiger partial charge on any atom is 0.277 e. The van der Waals surface area contributed by atoms with Gasteiger partial charge in [0.2, 0.25) is 0 Å². The minimum atomic E-state index is -0.533. The molecule has 2 aromatic rings. The first-order valence-electron chi connectivity index (χ1n) is 6.20. The smallest absolute Gasteiger partial charge is 0.277 e. The second-order valence-electron chi connectivity index (χ2n) is 4.19. The van der Waals surface area contributed by atoms with E-state index in [9.17, 15) is 9.18 Å². The summed E-state index contributed by atoms with van der Waals surface area (Å²) >= 11 is 11.6. The zero-order valence-electron chi connectivity index (χ0n) is 11.2. The molecule has 4 nitrogen and oxygen atoms in total. The molecule has 114 valence electrons. The molecule has 1 N–H and O–H groups in total. The van der Waals surface area contributed by atoms with Gasteiger partial charge in [-0.05, 0) is 29.8 Å². The van der Waals surface area contributed by atoms with E-state index in [2.05, 4.69) is 10.5 Å². The fraction of sp³-hybridized carbons (Fsp3) is 0.0667. The Bertz CT molecular complexity index is 708. The first-order valence-corrected chi connectivity index (χ1v) is 6.96. The first-order chi connectivity index (χ1) is 10.6. The number of hydrogen-bond acceptors (Lipinski definition) is 3. The third-order valence-corrected chi connectivity index (χ3v) is 3.28. The Morgan fingerprint density at radius 3 is 2.73 bits per heavy atom. The van der Waals surface area contributed by atoms with Crippen molar-refractivity contribution in [2.24, 2.45) is 5.10 Å². The van der Waals surface area contributed by atoms with Gasteiger partial charge in [-0.3, -0.25) is 4.79 Å². The van der Waals surface area contributed by atoms with Gasteiger partial charge in [0.1, 0.15) is 0 Å². The van der Waals surface area contributed by atoms with Gasteiger partial charge in [-0.2, -0.15) is 5.10 Å². The molecule has 0 atom stereocenters. The molecule has 0 saturated carbocycles. The Labute approximate surface area is 136 Å². The van der Waals surface area contributed by atoms with Crippen LogP contribution in [0.4, 0.5) is 4.39 Å². The van der Waals surface area contributed by atoms with E-state index in [0.29, 0.717) is 15.6 Å². The second kappa shape index (κ2) is 7.77. The van der Waals surface area contributed by atoms with E-state index < -0.39 is 11.7 Å². The topological polar surface area (TPSA) is 50.7 Å². The largest absolute Gasteiger partial charge is 0.481 e. The molecule has 0 bridgehead atoms. The molecule has 22 heavy (non-hydrogen) atoms. The number of amides is 1. The van der Waals surface area contributed by atoms with Crippen LogP contribution < -0.4 is 10.2 Å². The summed E-state index contributed by atoms with van der Waals surface area (Å²) in [5.41, 5.74) is 2.93. The van der Waals surface area contributed by atoms with Gasteiger partial charge in [-0.15, -0.1) is 0 Å². The molecule has 7 heteroatoms. The number of ether oxygens (including phenoxy) is 1. The van der Waals surface area contributed by atoms with E-state index in [1.165, 1.54) is 24.4 Å². The van der Waals surface area contributed by atoms with Crippen LogP contribution >= 0.6 is 23.2 Å². The normalized spacial score (nSPS) is 10.7. The SMILES string of the molecule is O=C(COc1ccccc1F)N/N=C/c1ccc(Cl)c(Cl)c1. The molecule has 0 heterocycles. The van der Waals surface area contributed by atoms with Crippen molar-refractivity contribution in [1.82, 2.24) is 5.43 Å². The van der Waals surface area contributed by atoms with Crippen LogP contribution in [0, 0.1) is 5.82 Å². The predicted octanol–water partition coefficient (Wildman–Crippen LogP) is 3.66. The monoisotopic (exact) mass is 340 g/mol. The van der Waals surface area contributed by atoms with Crippen molar-refractivity contribution < 1.29 is 13.9 Å². The lowest BCUT2D eigenvalue weighted by Crippen LogP contribution is -2.24. The van der Waals surface area contributed by atoms with E-state index in [1.807, 2.05) is 0 Å². The number of hydrogen-bond donors (Lipinski definition) is 1. The Morgan fingerprint density at radius 1 is 1.23 bits per heavy atom. The van der Waals surface area contributed by atoms with E-state index in [0.717, 1.165) is 0 Å². The number of nitrogens with zero attached hydrogens (tertiary/aromatic N) is 1. The van der Waals surface area contributed by atoms with Crippen LogP contribution in [0.2, 0.25) is 10.0 Å². The van der Waals surface area contributed by atoms with Crippen LogP contribution in [0.5, 0.6) is 5.75 Å². The van der Waals surface area contributed by atoms with Crippen LogP contribution in [0.1, 0.15) is 5.56 Å². The van der Waals surface area contributed by atoms with Gasteiger partial charge in [-0.25, -0.2) is 9.82 Å². The first kappa shape index (κ1) is 16.3. The van der Waals surface area contributed by atoms with Gasteiger partial charge in [0.15, 0.2) is 18.2 Å². The minimum Gasteiger partial charge on any atom is -0.481 e. The lowest BCUT2D eigenvalue weighted by atomic mass is 10.2. The standard InChI is InChI=1S/C15H11Cl2FN2O2/c16-11-6-5-10(7-12(11)17)8-19-20-15(21)9-22-14-4-2-1-3-13(14)18/h1-8H,9H2,(H,20,21)/b19-8+. The molecule has 0 aliphatic rings. The summed E-state index contributed by atoms with van der Waals surface area (Å²) in [6, 6.07) is 10.7. The van der Waals surface area contributed by atoms with Gasteiger partial charge in [0.25, 0.3) is 5.91 Å². The number of carbonyl (C=O) groups is 1. The fourth-order valence-corrected chi connectivity index (χ4v) is 1.82. The molecule has 1 amide bonds. The zero-order valence-corrected chi connectivity index (χ0v) is 12.7. The summed E-state index contributed by atoms with van der Waals surface area (Å²) < 4.78 is 18.3. The molecule has 2 rings (SSSR count). The highest BCUT2D eigenvalue weighted by molar-refractivity contribution is 6.42. The number of para-hydroxylation sites is 1. The summed E-state index contributed by atoms with van der Waals surface area (Å²) in [5, 5.41) is 4.57. The number of benzene rings is 2. The Balaban J connectivity index is 1.83. The molecule has 0 aromatic heterocycles. The number of hydrazone groups is 1. The van der Waals surface area contributed by atoms with Crippen LogP contribution in [0.3, 0.4) is 0 Å². The highest BCUT2D eigenvalue weighted by Gasteiger charge is 2.05. The predicted molar refractivity (Wildman–Crippen MR) is 84.1 cm³/mol. The van der Waals surface area contributed by atoms with E-state index in [-0.39, 0.29) is 12.4 Å². The third-order valence-electron chi connectivity index (χ3n) is 2.54. The average Bonchev–Trinajstić information content (AvgIpc) is 2.50. The van der Waals surface area contributed by atoms with Gasteiger partial charge in [-0.1, -0.05) is 41.4 Å². The zero-order chi connectivity index (χ0) is 15.9. The quantitative estimate of drug-likeness (QED) is 0.667. The molecule has 0 spiro atoms. The maximum absolute atomic E-state index is 13.3. The third kappa shape index (κ3) is 4.72. The second-order valence-corrected chi connectivity index (χ2v) is 5.00. The highest BCUT2D eigenvalue weighted by atomic mass is 35.5. The van der Waals surface area contributed by atoms with Crippen LogP contribution in [-0.2, 0) is 4.79 Å². The number of nitrogens with one attached hydrogen (secondary N) is 1. The van der Waals surface area contributed by atoms with Crippen LogP contribution in [-0.4, -0.2) is 18.7 Å². The van der Waals surface area contributed by atoms with Crippen molar-refractivity contribution in [1.29, 1.82) is 0 Å². The Hall–Kier alpha value is -2.11. The van der Waals surface area contributed by atoms with Crippen molar-refractivity contribution in [3.8, 4) is 5.75 Å².